The van der Waals surface area contributed by atoms with E-state index in [4.69, 9.17) is 0 Å². The molecule has 54 valence electrons. The fourth-order valence-corrected chi connectivity index (χ4v) is 0. The zero-order chi connectivity index (χ0) is 6.50. The van der Waals surface area contributed by atoms with E-state index in [0.29, 0.717) is 0 Å². The molecule has 0 rings (SSSR count). The minimum atomic E-state index is -0.389. The van der Waals surface area contributed by atoms with Crippen molar-refractivity contribution in [3.63, 3.8) is 0 Å². The molecule has 0 aliphatic rings. The van der Waals surface area contributed by atoms with Crippen molar-refractivity contribution in [1.82, 2.24) is 0 Å². The SMILES string of the molecule is Br.CP.C[P+](C)(C)C. The Balaban J connectivity index is -0.0000000750. The average Bonchev–Trinajstić information content (AvgIpc) is 1.36. The van der Waals surface area contributed by atoms with Gasteiger partial charge in [0.1, 0.15) is 0 Å². The van der Waals surface area contributed by atoms with Gasteiger partial charge in [0, 0.05) is 33.9 Å². The summed E-state index contributed by atoms with van der Waals surface area (Å²) >= 11 is 0. The van der Waals surface area contributed by atoms with E-state index in [1.807, 2.05) is 6.66 Å². The number of rotatable bonds is 0. The summed E-state index contributed by atoms with van der Waals surface area (Å²) < 4.78 is 0. The summed E-state index contributed by atoms with van der Waals surface area (Å²) in [6, 6.07) is 0. The Bertz CT molecular complexity index is 25.9. The first-order valence-corrected chi connectivity index (χ1v) is 7.10. The summed E-state index contributed by atoms with van der Waals surface area (Å²) in [5.74, 6) is 0. The van der Waals surface area contributed by atoms with Crippen molar-refractivity contribution < 1.29 is 0 Å². The molecule has 1 unspecified atom stereocenters. The molecular formula is C5H18BrP2+. The maximum Gasteiger partial charge on any atom is 0.0481 e. The summed E-state index contributed by atoms with van der Waals surface area (Å²) in [6.45, 7) is 11.1. The maximum absolute atomic E-state index is 2.42. The van der Waals surface area contributed by atoms with Crippen LogP contribution in [-0.4, -0.2) is 33.3 Å². The van der Waals surface area contributed by atoms with Crippen LogP contribution < -0.4 is 0 Å². The van der Waals surface area contributed by atoms with Crippen LogP contribution in [0.2, 0.25) is 0 Å². The van der Waals surface area contributed by atoms with Crippen LogP contribution in [0.3, 0.4) is 0 Å². The summed E-state index contributed by atoms with van der Waals surface area (Å²) in [5.41, 5.74) is 0. The fourth-order valence-electron chi connectivity index (χ4n) is 0. The van der Waals surface area contributed by atoms with Gasteiger partial charge in [-0.1, -0.05) is 6.66 Å². The third-order valence-corrected chi connectivity index (χ3v) is 0. The van der Waals surface area contributed by atoms with Crippen LogP contribution in [0.1, 0.15) is 0 Å². The molecule has 0 bridgehead atoms. The Labute approximate surface area is 67.1 Å². The van der Waals surface area contributed by atoms with E-state index in [1.54, 1.807) is 0 Å². The molecule has 0 heterocycles. The molecule has 0 aromatic heterocycles. The lowest BCUT2D eigenvalue weighted by Gasteiger charge is -1.97. The van der Waals surface area contributed by atoms with Crippen molar-refractivity contribution in [2.24, 2.45) is 0 Å². The van der Waals surface area contributed by atoms with Gasteiger partial charge in [-0.3, -0.25) is 0 Å². The topological polar surface area (TPSA) is 0 Å². The van der Waals surface area contributed by atoms with Crippen molar-refractivity contribution in [3.8, 4) is 0 Å². The highest BCUT2D eigenvalue weighted by atomic mass is 79.9. The molecule has 0 amide bonds. The summed E-state index contributed by atoms with van der Waals surface area (Å²) in [4.78, 5) is 0. The van der Waals surface area contributed by atoms with Crippen molar-refractivity contribution in [3.05, 3.63) is 0 Å². The molecule has 0 spiro atoms. The smallest absolute Gasteiger partial charge is 0.0481 e. The second kappa shape index (κ2) is 8.34. The predicted octanol–water partition coefficient (Wildman–Crippen LogP) is 2.59. The van der Waals surface area contributed by atoms with Gasteiger partial charge in [0.25, 0.3) is 0 Å². The largest absolute Gasteiger partial charge is 0.141 e. The lowest BCUT2D eigenvalue weighted by Crippen LogP contribution is -1.74. The highest BCUT2D eigenvalue weighted by molar-refractivity contribution is 8.93. The van der Waals surface area contributed by atoms with Gasteiger partial charge in [-0.25, -0.2) is 0 Å². The first-order valence-electron chi connectivity index (χ1n) is 2.37. The van der Waals surface area contributed by atoms with Gasteiger partial charge in [0.15, 0.2) is 0 Å². The monoisotopic (exact) mass is 219 g/mol. The normalized spacial score (nSPS) is 8.25. The molecule has 0 aromatic rings. The van der Waals surface area contributed by atoms with E-state index in [-0.39, 0.29) is 24.2 Å². The number of hydrogen-bond acceptors (Lipinski definition) is 0. The Kier molecular flexibility index (Phi) is 16.8. The van der Waals surface area contributed by atoms with Crippen LogP contribution in [0.5, 0.6) is 0 Å². The van der Waals surface area contributed by atoms with E-state index in [1.165, 1.54) is 0 Å². The average molecular weight is 220 g/mol. The number of hydrogen-bond donors (Lipinski definition) is 0. The Morgan fingerprint density at radius 1 is 0.875 bits per heavy atom. The summed E-state index contributed by atoms with van der Waals surface area (Å²) in [7, 11) is 2.03. The molecule has 1 atom stereocenters. The van der Waals surface area contributed by atoms with Crippen LogP contribution in [0.15, 0.2) is 0 Å². The van der Waals surface area contributed by atoms with Gasteiger partial charge in [0.05, 0.1) is 0 Å². The third-order valence-electron chi connectivity index (χ3n) is 0. The Morgan fingerprint density at radius 3 is 0.875 bits per heavy atom. The summed E-state index contributed by atoms with van der Waals surface area (Å²) in [5, 5.41) is 0. The lowest BCUT2D eigenvalue weighted by molar-refractivity contribution is 1.95. The zero-order valence-electron chi connectivity index (χ0n) is 6.43. The standard InChI is InChI=1S/C4H12P.CH5P.BrH/c1-5(2,3)4;1-2;/h1-4H3;2H2,1H3;1H/q+1;;. The molecule has 0 aliphatic carbocycles. The van der Waals surface area contributed by atoms with Crippen LogP contribution in [0.25, 0.3) is 0 Å². The Morgan fingerprint density at radius 2 is 0.875 bits per heavy atom. The van der Waals surface area contributed by atoms with Crippen LogP contribution in [-0.2, 0) is 0 Å². The molecule has 0 aliphatic heterocycles. The van der Waals surface area contributed by atoms with Gasteiger partial charge >= 0.3 is 0 Å². The zero-order valence-corrected chi connectivity index (χ0v) is 10.2. The minimum Gasteiger partial charge on any atom is -0.141 e. The highest BCUT2D eigenvalue weighted by Crippen LogP contribution is 2.40. The van der Waals surface area contributed by atoms with Crippen LogP contribution in [0, 0.1) is 0 Å². The van der Waals surface area contributed by atoms with Gasteiger partial charge in [0.2, 0.25) is 0 Å². The van der Waals surface area contributed by atoms with Crippen LogP contribution >= 0.6 is 33.5 Å². The molecule has 0 saturated carbocycles. The maximum atomic E-state index is 2.42. The van der Waals surface area contributed by atoms with Gasteiger partial charge in [-0.2, -0.15) is 0 Å². The predicted molar refractivity (Wildman–Crippen MR) is 56.6 cm³/mol. The van der Waals surface area contributed by atoms with Crippen LogP contribution in [0.4, 0.5) is 0 Å². The van der Waals surface area contributed by atoms with E-state index < -0.39 is 0 Å². The summed E-state index contributed by atoms with van der Waals surface area (Å²) in [6.07, 6.45) is 0. The molecule has 0 N–H and O–H groups in total. The highest BCUT2D eigenvalue weighted by Gasteiger charge is 2.03. The minimum absolute atomic E-state index is 0. The van der Waals surface area contributed by atoms with E-state index in [2.05, 4.69) is 35.9 Å². The van der Waals surface area contributed by atoms with Gasteiger partial charge in [-0.05, 0) is 0 Å². The van der Waals surface area contributed by atoms with Crippen molar-refractivity contribution in [2.75, 3.05) is 33.3 Å². The molecule has 0 nitrogen and oxygen atoms in total. The molecule has 0 aromatic carbocycles. The third kappa shape index (κ3) is 164. The first-order chi connectivity index (χ1) is 3.00. The molecule has 0 radical (unpaired) electrons. The van der Waals surface area contributed by atoms with Crippen molar-refractivity contribution >= 4 is 33.5 Å². The Hall–Kier alpha value is 1.34. The van der Waals surface area contributed by atoms with Crippen molar-refractivity contribution in [1.29, 1.82) is 0 Å². The molecule has 0 saturated heterocycles. The van der Waals surface area contributed by atoms with Gasteiger partial charge in [-0.15, -0.1) is 26.2 Å². The lowest BCUT2D eigenvalue weighted by atomic mass is 11.8. The van der Waals surface area contributed by atoms with Gasteiger partial charge < -0.3 is 0 Å². The van der Waals surface area contributed by atoms with E-state index >= 15 is 0 Å². The first kappa shape index (κ1) is 16.2. The van der Waals surface area contributed by atoms with E-state index in [9.17, 15) is 0 Å². The fraction of sp³-hybridized carbons (Fsp3) is 1.00. The molecular weight excluding hydrogens is 202 g/mol. The molecule has 0 fully saturated rings. The molecule has 8 heavy (non-hydrogen) atoms. The second-order valence-electron chi connectivity index (χ2n) is 2.68. The second-order valence-corrected chi connectivity index (χ2v) is 8.05. The molecule has 3 heteroatoms. The van der Waals surface area contributed by atoms with Crippen molar-refractivity contribution in [2.45, 2.75) is 0 Å². The van der Waals surface area contributed by atoms with E-state index in [0.717, 1.165) is 0 Å². The quantitative estimate of drug-likeness (QED) is 0.550. The number of halogens is 1.